The van der Waals surface area contributed by atoms with Gasteiger partial charge < -0.3 is 10.6 Å². The van der Waals surface area contributed by atoms with E-state index in [1.54, 1.807) is 24.3 Å². The van der Waals surface area contributed by atoms with E-state index in [0.29, 0.717) is 22.1 Å². The average Bonchev–Trinajstić information content (AvgIpc) is 2.49. The molecule has 2 N–H and O–H groups in total. The molecule has 1 aliphatic rings. The van der Waals surface area contributed by atoms with Crippen molar-refractivity contribution in [1.29, 1.82) is 0 Å². The second-order valence-electron chi connectivity index (χ2n) is 5.03. The minimum atomic E-state index is -0.00222. The Labute approximate surface area is 134 Å². The number of ketones is 1. The van der Waals surface area contributed by atoms with Crippen LogP contribution in [0.15, 0.2) is 24.3 Å². The smallest absolute Gasteiger partial charge is 0.230 e. The van der Waals surface area contributed by atoms with Crippen molar-refractivity contribution < 1.29 is 9.59 Å². The maximum atomic E-state index is 11.9. The number of carbonyl (C=O) groups excluding carboxylic acids is 2. The van der Waals surface area contributed by atoms with Crippen LogP contribution in [0.25, 0.3) is 0 Å². The van der Waals surface area contributed by atoms with Crippen molar-refractivity contribution in [2.24, 2.45) is 0 Å². The first-order valence-corrected chi connectivity index (χ1v) is 8.55. The summed E-state index contributed by atoms with van der Waals surface area (Å²) in [5.74, 6) is 0.634. The highest BCUT2D eigenvalue weighted by atomic mass is 35.5. The maximum absolute atomic E-state index is 11.9. The molecule has 1 saturated heterocycles. The molecule has 6 heteroatoms. The van der Waals surface area contributed by atoms with Gasteiger partial charge in [-0.1, -0.05) is 11.6 Å². The quantitative estimate of drug-likeness (QED) is 0.786. The van der Waals surface area contributed by atoms with Gasteiger partial charge in [0.2, 0.25) is 5.91 Å². The van der Waals surface area contributed by atoms with E-state index in [1.165, 1.54) is 11.8 Å². The molecule has 1 aliphatic heterocycles. The van der Waals surface area contributed by atoms with E-state index in [-0.39, 0.29) is 17.7 Å². The fourth-order valence-corrected chi connectivity index (χ4v) is 3.05. The van der Waals surface area contributed by atoms with Gasteiger partial charge in [0.1, 0.15) is 0 Å². The van der Waals surface area contributed by atoms with Crippen LogP contribution in [0, 0.1) is 0 Å². The first kappa shape index (κ1) is 16.3. The van der Waals surface area contributed by atoms with Crippen LogP contribution in [-0.2, 0) is 4.79 Å². The lowest BCUT2D eigenvalue weighted by molar-refractivity contribution is -0.119. The van der Waals surface area contributed by atoms with E-state index in [0.717, 1.165) is 25.9 Å². The molecule has 1 amide bonds. The Morgan fingerprint density at radius 3 is 2.71 bits per heavy atom. The molecule has 0 bridgehead atoms. The fraction of sp³-hybridized carbons (Fsp3) is 0.467. The number of carbonyl (C=O) groups is 2. The second kappa shape index (κ2) is 8.41. The van der Waals surface area contributed by atoms with E-state index >= 15 is 0 Å². The van der Waals surface area contributed by atoms with Crippen LogP contribution in [0.3, 0.4) is 0 Å². The van der Waals surface area contributed by atoms with E-state index in [2.05, 4.69) is 10.6 Å². The van der Waals surface area contributed by atoms with Gasteiger partial charge in [-0.15, -0.1) is 11.8 Å². The first-order valence-electron chi connectivity index (χ1n) is 7.02. The molecule has 0 aliphatic carbocycles. The summed E-state index contributed by atoms with van der Waals surface area (Å²) in [6.07, 6.45) is 2.11. The molecule has 1 aromatic rings. The number of piperidine rings is 1. The Morgan fingerprint density at radius 1 is 1.29 bits per heavy atom. The molecular formula is C15H19ClN2O2S. The third kappa shape index (κ3) is 5.69. The van der Waals surface area contributed by atoms with Crippen molar-refractivity contribution in [3.05, 3.63) is 34.9 Å². The summed E-state index contributed by atoms with van der Waals surface area (Å²) in [4.78, 5) is 23.7. The first-order chi connectivity index (χ1) is 10.1. The predicted molar refractivity (Wildman–Crippen MR) is 87.1 cm³/mol. The van der Waals surface area contributed by atoms with Gasteiger partial charge in [0, 0.05) is 23.2 Å². The van der Waals surface area contributed by atoms with Crippen LogP contribution < -0.4 is 10.6 Å². The maximum Gasteiger partial charge on any atom is 0.230 e. The van der Waals surface area contributed by atoms with Crippen LogP contribution in [0.5, 0.6) is 0 Å². The Morgan fingerprint density at radius 2 is 2.05 bits per heavy atom. The minimum absolute atomic E-state index is 0.00222. The summed E-state index contributed by atoms with van der Waals surface area (Å²) in [7, 11) is 0. The van der Waals surface area contributed by atoms with Crippen molar-refractivity contribution >= 4 is 35.1 Å². The van der Waals surface area contributed by atoms with Gasteiger partial charge in [-0.2, -0.15) is 0 Å². The highest BCUT2D eigenvalue weighted by molar-refractivity contribution is 8.00. The molecule has 1 fully saturated rings. The highest BCUT2D eigenvalue weighted by Crippen LogP contribution is 2.12. The van der Waals surface area contributed by atoms with E-state index in [9.17, 15) is 9.59 Å². The normalized spacial score (nSPS) is 18.2. The molecule has 0 spiro atoms. The Kier molecular flexibility index (Phi) is 6.54. The molecule has 0 saturated carbocycles. The van der Waals surface area contributed by atoms with Crippen LogP contribution in [0.4, 0.5) is 0 Å². The van der Waals surface area contributed by atoms with Gasteiger partial charge in [0.25, 0.3) is 0 Å². The van der Waals surface area contributed by atoms with Crippen molar-refractivity contribution in [2.75, 3.05) is 24.6 Å². The standard InChI is InChI=1S/C15H19ClN2O2S/c16-12-5-3-11(4-6-12)14(19)9-21-10-15(20)18-13-2-1-7-17-8-13/h3-6,13,17H,1-2,7-10H2,(H,18,20)/t13-/m0/s1. The summed E-state index contributed by atoms with van der Waals surface area (Å²) in [5.41, 5.74) is 0.629. The lowest BCUT2D eigenvalue weighted by Crippen LogP contribution is -2.46. The summed E-state index contributed by atoms with van der Waals surface area (Å²) in [5, 5.41) is 6.85. The molecule has 1 aromatic carbocycles. The molecule has 0 aromatic heterocycles. The number of rotatable bonds is 6. The van der Waals surface area contributed by atoms with Gasteiger partial charge in [-0.05, 0) is 43.7 Å². The van der Waals surface area contributed by atoms with E-state index < -0.39 is 0 Å². The van der Waals surface area contributed by atoms with Crippen molar-refractivity contribution in [3.8, 4) is 0 Å². The lowest BCUT2D eigenvalue weighted by atomic mass is 10.1. The fourth-order valence-electron chi connectivity index (χ4n) is 2.20. The van der Waals surface area contributed by atoms with Gasteiger partial charge in [-0.3, -0.25) is 9.59 Å². The summed E-state index contributed by atoms with van der Waals surface area (Å²) in [6.45, 7) is 1.86. The number of Topliss-reactive ketones (excluding diaryl/α,β-unsaturated/α-hetero) is 1. The molecule has 114 valence electrons. The molecule has 0 radical (unpaired) electrons. The van der Waals surface area contributed by atoms with Crippen LogP contribution in [0.2, 0.25) is 5.02 Å². The Balaban J connectivity index is 1.67. The van der Waals surface area contributed by atoms with Crippen molar-refractivity contribution in [3.63, 3.8) is 0 Å². The highest BCUT2D eigenvalue weighted by Gasteiger charge is 2.15. The minimum Gasteiger partial charge on any atom is -0.351 e. The molecule has 4 nitrogen and oxygen atoms in total. The van der Waals surface area contributed by atoms with Gasteiger partial charge in [-0.25, -0.2) is 0 Å². The van der Waals surface area contributed by atoms with Gasteiger partial charge >= 0.3 is 0 Å². The van der Waals surface area contributed by atoms with E-state index in [1.807, 2.05) is 0 Å². The SMILES string of the molecule is O=C(CSCC(=O)c1ccc(Cl)cc1)N[C@H]1CCCNC1. The monoisotopic (exact) mass is 326 g/mol. The Hall–Kier alpha value is -1.04. The zero-order valence-corrected chi connectivity index (χ0v) is 13.3. The lowest BCUT2D eigenvalue weighted by Gasteiger charge is -2.23. The average molecular weight is 327 g/mol. The van der Waals surface area contributed by atoms with E-state index in [4.69, 9.17) is 11.6 Å². The van der Waals surface area contributed by atoms with Gasteiger partial charge in [0.05, 0.1) is 11.5 Å². The van der Waals surface area contributed by atoms with Gasteiger partial charge in [0.15, 0.2) is 5.78 Å². The predicted octanol–water partition coefficient (Wildman–Crippen LogP) is 2.12. The Bertz CT molecular complexity index is 487. The number of amides is 1. The third-order valence-electron chi connectivity index (χ3n) is 3.29. The summed E-state index contributed by atoms with van der Waals surface area (Å²) in [6, 6.07) is 7.03. The number of nitrogens with one attached hydrogen (secondary N) is 2. The third-order valence-corrected chi connectivity index (χ3v) is 4.48. The molecule has 2 rings (SSSR count). The zero-order valence-electron chi connectivity index (χ0n) is 11.7. The number of thioether (sulfide) groups is 1. The van der Waals surface area contributed by atoms with Crippen LogP contribution in [0.1, 0.15) is 23.2 Å². The molecule has 1 atom stereocenters. The largest absolute Gasteiger partial charge is 0.351 e. The van der Waals surface area contributed by atoms with Crippen molar-refractivity contribution in [2.45, 2.75) is 18.9 Å². The summed E-state index contributed by atoms with van der Waals surface area (Å²) >= 11 is 7.12. The van der Waals surface area contributed by atoms with Crippen LogP contribution >= 0.6 is 23.4 Å². The number of halogens is 1. The molecule has 0 unspecified atom stereocenters. The zero-order chi connectivity index (χ0) is 15.1. The molecular weight excluding hydrogens is 308 g/mol. The number of benzene rings is 1. The summed E-state index contributed by atoms with van der Waals surface area (Å²) < 4.78 is 0. The number of hydrogen-bond acceptors (Lipinski definition) is 4. The second-order valence-corrected chi connectivity index (χ2v) is 6.46. The molecule has 21 heavy (non-hydrogen) atoms. The number of hydrogen-bond donors (Lipinski definition) is 2. The molecule has 1 heterocycles. The van der Waals surface area contributed by atoms with Crippen LogP contribution in [-0.4, -0.2) is 42.3 Å². The van der Waals surface area contributed by atoms with Crippen molar-refractivity contribution in [1.82, 2.24) is 10.6 Å². The topological polar surface area (TPSA) is 58.2 Å².